The van der Waals surface area contributed by atoms with Crippen LogP contribution in [0.25, 0.3) is 36.9 Å². The number of hydrogen-bond donors (Lipinski definition) is 5. The Morgan fingerprint density at radius 2 is 0.695 bits per heavy atom. The molecule has 1 aliphatic rings. The average Bonchev–Trinajstić information content (AvgIpc) is 3.90. The van der Waals surface area contributed by atoms with Gasteiger partial charge in [-0.05, 0) is 85.6 Å². The molecule has 0 spiro atoms. The molecular weight excluding hydrogens is 1370 g/mol. The van der Waals surface area contributed by atoms with Crippen LogP contribution in [0.15, 0.2) is 0 Å². The molecule has 484 valence electrons. The summed E-state index contributed by atoms with van der Waals surface area (Å²) in [5.41, 5.74) is 6.74. The largest absolute Gasteiger partial charge is 4.00 e. The summed E-state index contributed by atoms with van der Waals surface area (Å²) in [7, 11) is 25.2. The molecule has 1 saturated carbocycles. The Morgan fingerprint density at radius 1 is 0.476 bits per heavy atom. The smallest absolute Gasteiger partial charge is 0.668 e. The molecule has 82 heavy (non-hydrogen) atoms. The second kappa shape index (κ2) is 105. The summed E-state index contributed by atoms with van der Waals surface area (Å²) in [6, 6.07) is 3.37. The van der Waals surface area contributed by atoms with E-state index < -0.39 is 48.6 Å². The molecule has 6 N–H and O–H groups in total. The average molecular weight is 1500 g/mol. The van der Waals surface area contributed by atoms with Gasteiger partial charge >= 0.3 is 82.0 Å². The van der Waals surface area contributed by atoms with Crippen LogP contribution in [0, 0.1) is 84.9 Å². The minimum absolute atomic E-state index is 0. The van der Waals surface area contributed by atoms with Crippen molar-refractivity contribution in [1.82, 2.24) is 19.9 Å². The van der Waals surface area contributed by atoms with Crippen molar-refractivity contribution < 1.29 is 86.2 Å². The number of nitrogens with one attached hydrogen (secondary N) is 4. The number of hydrogen-bond acceptors (Lipinski definition) is 5. The van der Waals surface area contributed by atoms with Crippen LogP contribution in [0.2, 0.25) is 96.7 Å². The normalized spacial score (nSPS) is 9.77. The van der Waals surface area contributed by atoms with Gasteiger partial charge < -0.3 is 76.4 Å². The second-order valence-electron chi connectivity index (χ2n) is 19.9. The van der Waals surface area contributed by atoms with E-state index in [4.69, 9.17) is 52.3 Å². The summed E-state index contributed by atoms with van der Waals surface area (Å²) >= 11 is 22.3. The third-order valence-corrected chi connectivity index (χ3v) is 27.5. The molecule has 0 unspecified atom stereocenters. The molecule has 12 nitrogen and oxygen atoms in total. The van der Waals surface area contributed by atoms with Crippen molar-refractivity contribution in [3.05, 3.63) is 50.7 Å². The maximum atomic E-state index is 6.18. The molecule has 0 atom stereocenters. The molecule has 0 saturated heterocycles. The van der Waals surface area contributed by atoms with Gasteiger partial charge in [-0.2, -0.15) is 103 Å². The van der Waals surface area contributed by atoms with E-state index in [2.05, 4.69) is 187 Å². The van der Waals surface area contributed by atoms with Gasteiger partial charge in [0.2, 0.25) is 0 Å². The van der Waals surface area contributed by atoms with Crippen LogP contribution < -0.4 is 55.2 Å². The van der Waals surface area contributed by atoms with Crippen LogP contribution in [0.1, 0.15) is 50.7 Å². The third-order valence-electron chi connectivity index (χ3n) is 8.36. The van der Waals surface area contributed by atoms with Gasteiger partial charge in [0.05, 0.1) is 0 Å². The molecule has 0 amide bonds. The van der Waals surface area contributed by atoms with Crippen molar-refractivity contribution >= 4 is 94.4 Å². The summed E-state index contributed by atoms with van der Waals surface area (Å²) in [6.45, 7) is 31.8. The number of rotatable bonds is 12. The van der Waals surface area contributed by atoms with Gasteiger partial charge in [-0.3, -0.25) is 11.8 Å². The summed E-state index contributed by atoms with van der Waals surface area (Å²) in [6.07, 6.45) is 12.1. The molecular formula is C57H135Cl4N12NaSi6Zr2. The first-order chi connectivity index (χ1) is 36.1. The van der Waals surface area contributed by atoms with Crippen molar-refractivity contribution in [2.45, 2.75) is 143 Å². The predicted molar refractivity (Wildman–Crippen MR) is 402 cm³/mol. The SMILES string of the molecule is CC#CC#CC[Si](C)(C)NC.CC#CC#CC[Si](C)(C)NC.CN.CN[Si](C)(C)CCl.CN[Si](C)(C)CCl.C[N-]C.C[N-]C.C[N-]C.C[N-]C.C[N-]C.C[N-]C.C[N-][Si](C)(C)CC1CCCC1.C[Si](C)(Cl)CCl.[C-]#CC#CC.[CH3-].[HH].[HH].[HH].[Na+].[Zr+4].[Zr+4]. The summed E-state index contributed by atoms with van der Waals surface area (Å²) in [5.74, 6) is 30.3. The summed E-state index contributed by atoms with van der Waals surface area (Å²) in [4.78, 5) is 17.5. The van der Waals surface area contributed by atoms with Crippen LogP contribution in [0.3, 0.4) is 0 Å². The monoisotopic (exact) mass is 1500 g/mol. The molecule has 0 aliphatic heterocycles. The van der Waals surface area contributed by atoms with Gasteiger partial charge in [-0.15, -0.1) is 34.8 Å². The molecule has 0 bridgehead atoms. The van der Waals surface area contributed by atoms with Crippen molar-refractivity contribution in [3.63, 3.8) is 0 Å². The molecule has 1 rings (SSSR count). The van der Waals surface area contributed by atoms with E-state index in [9.17, 15) is 0 Å². The molecule has 1 fully saturated rings. The van der Waals surface area contributed by atoms with E-state index in [1.165, 1.54) is 38.8 Å². The van der Waals surface area contributed by atoms with E-state index in [0.29, 0.717) is 5.50 Å². The van der Waals surface area contributed by atoms with E-state index in [0.717, 1.165) is 29.0 Å². The van der Waals surface area contributed by atoms with Crippen molar-refractivity contribution in [2.24, 2.45) is 11.7 Å². The Hall–Kier alpha value is 2.11. The fraction of sp³-hybridized carbons (Fsp3) is 0.772. The van der Waals surface area contributed by atoms with Gasteiger partial charge in [0.15, 0.2) is 7.38 Å². The van der Waals surface area contributed by atoms with Gasteiger partial charge in [-0.1, -0.05) is 142 Å². The Bertz CT molecular complexity index is 1440. The maximum Gasteiger partial charge on any atom is 4.00 e. The zero-order valence-electron chi connectivity index (χ0n) is 59.9. The molecule has 0 radical (unpaired) electrons. The molecule has 0 heterocycles. The number of nitrogens with two attached hydrogens (primary N) is 1. The second-order valence-corrected chi connectivity index (χ2v) is 51.9. The Balaban J connectivity index is -0.0000000305. The quantitative estimate of drug-likeness (QED) is 0.0429. The van der Waals surface area contributed by atoms with E-state index in [-0.39, 0.29) is 93.7 Å². The third kappa shape index (κ3) is 184. The molecule has 0 aromatic heterocycles. The fourth-order valence-electron chi connectivity index (χ4n) is 3.13. The van der Waals surface area contributed by atoms with Crippen molar-refractivity contribution in [1.29, 1.82) is 0 Å². The topological polar surface area (TPSA) is 173 Å². The zero-order chi connectivity index (χ0) is 65.2. The standard InChI is InChI=1S/C9H20NSi.2C9H15NSi.C5H3.2C4H12ClNSi.C3H8Cl2Si.6C2H6N.CH5N.CH3.Na.2Zr.3H2/c1-10-11(2,3)8-9-6-4-5-7-9;2*1-5-6-7-8-9-11(3,4)10-2;1-3-5-4-2;2*1-6-7(2,3)4-5;1-6(2,5)3-4;6*1-3-2;1-2;;;;;;;/h9H,4-8H2,1-3H3;2*10H,9H2,1-4H3;1H3;2*6H,4H2,1-3H3;3H2,1-2H3;6*1-2H3;2H2,1H3;1H3;;;;3*1H/q-1;;;-1;;;;6*-1;;-1;+1;2*+4;;;. The number of alkyl halides is 3. The van der Waals surface area contributed by atoms with Crippen molar-refractivity contribution in [2.75, 3.05) is 143 Å². The molecule has 0 aromatic rings. The Morgan fingerprint density at radius 3 is 0.817 bits per heavy atom. The first-order valence-corrected chi connectivity index (χ1v) is 47.7. The van der Waals surface area contributed by atoms with Gasteiger partial charge in [-0.25, -0.2) is 5.92 Å². The first-order valence-electron chi connectivity index (χ1n) is 25.9. The zero-order valence-corrected chi connectivity index (χ0v) is 75.8. The number of nitrogens with zero attached hydrogens (tertiary/aromatic N) is 7. The fourth-order valence-corrected chi connectivity index (χ4v) is 7.62. The van der Waals surface area contributed by atoms with Crippen molar-refractivity contribution in [3.8, 4) is 65.1 Å². The van der Waals surface area contributed by atoms with E-state index in [1.54, 1.807) is 105 Å². The molecule has 25 heteroatoms. The Labute approximate surface area is 608 Å². The Kier molecular flexibility index (Phi) is 165. The van der Waals surface area contributed by atoms with E-state index >= 15 is 0 Å². The minimum atomic E-state index is -1.39. The summed E-state index contributed by atoms with van der Waals surface area (Å²) < 4.78 is 0. The van der Waals surface area contributed by atoms with Gasteiger partial charge in [0, 0.05) is 32.9 Å². The van der Waals surface area contributed by atoms with Gasteiger partial charge in [0.25, 0.3) is 0 Å². The molecule has 0 aromatic carbocycles. The summed E-state index contributed by atoms with van der Waals surface area (Å²) in [5, 5.41) is 21.0. The minimum Gasteiger partial charge on any atom is -0.668 e. The molecule has 1 aliphatic carbocycles. The van der Waals surface area contributed by atoms with Crippen LogP contribution in [-0.4, -0.2) is 192 Å². The van der Waals surface area contributed by atoms with Crippen LogP contribution >= 0.6 is 45.9 Å². The van der Waals surface area contributed by atoms with Crippen LogP contribution in [0.4, 0.5) is 0 Å². The van der Waals surface area contributed by atoms with Crippen LogP contribution in [0.5, 0.6) is 0 Å². The maximum absolute atomic E-state index is 6.18. The van der Waals surface area contributed by atoms with E-state index in [1.807, 2.05) is 54.3 Å². The van der Waals surface area contributed by atoms with Crippen LogP contribution in [-0.2, 0) is 52.4 Å². The van der Waals surface area contributed by atoms with Gasteiger partial charge in [0.1, 0.15) is 32.9 Å². The predicted octanol–water partition coefficient (Wildman–Crippen LogP) is 12.9. The first kappa shape index (κ1) is 129. The number of halogens is 4.